The van der Waals surface area contributed by atoms with Crippen LogP contribution in [-0.4, -0.2) is 71.6 Å². The van der Waals surface area contributed by atoms with Crippen molar-refractivity contribution >= 4 is 16.1 Å². The third-order valence-electron chi connectivity index (χ3n) is 4.26. The molecule has 1 rings (SSSR count). The number of hydrogen-bond donors (Lipinski definition) is 8. The van der Waals surface area contributed by atoms with Gasteiger partial charge in [0, 0.05) is 0 Å². The molecule has 30 heavy (non-hydrogen) atoms. The second-order valence-corrected chi connectivity index (χ2v) is 11.5. The molecule has 2 unspecified atom stereocenters. The number of aliphatic hydroxyl groups is 1. The zero-order chi connectivity index (χ0) is 22.8. The van der Waals surface area contributed by atoms with E-state index in [9.17, 15) is 24.7 Å². The molecule has 0 saturated heterocycles. The van der Waals surface area contributed by atoms with Gasteiger partial charge in [0.15, 0.2) is 0 Å². The van der Waals surface area contributed by atoms with Crippen LogP contribution in [0.15, 0.2) is 18.7 Å². The number of hydrogen-bond acceptors (Lipinski definition) is 13. The van der Waals surface area contributed by atoms with Crippen LogP contribution in [0.2, 0.25) is 0 Å². The molecular weight excluding hydrogens is 444 g/mol. The van der Waals surface area contributed by atoms with Crippen LogP contribution in [0.5, 0.6) is 0 Å². The summed E-state index contributed by atoms with van der Waals surface area (Å²) >= 11 is 0. The van der Waals surface area contributed by atoms with Gasteiger partial charge in [-0.15, -0.1) is 0 Å². The van der Waals surface area contributed by atoms with Crippen molar-refractivity contribution in [1.29, 1.82) is 0 Å². The Kier molecular flexibility index (Phi) is 11.6. The molecule has 8 N–H and O–H groups in total. The summed E-state index contributed by atoms with van der Waals surface area (Å²) < 4.78 is 6.30. The van der Waals surface area contributed by atoms with Crippen LogP contribution in [0.4, 0.5) is 0 Å². The zero-order valence-electron chi connectivity index (χ0n) is 17.3. The fraction of sp³-hybridized carbons (Fsp3) is 0.786. The third-order valence-corrected chi connectivity index (χ3v) is 9.08. The maximum atomic E-state index is 11.0. The summed E-state index contributed by atoms with van der Waals surface area (Å²) in [5, 5.41) is 9.49. The number of methoxy groups -OCH3 is 1. The van der Waals surface area contributed by atoms with Crippen LogP contribution >= 0.6 is 16.1 Å². The van der Waals surface area contributed by atoms with Crippen molar-refractivity contribution in [3.8, 4) is 0 Å². The normalized spacial score (nSPS) is 19.1. The Balaban J connectivity index is 2.97. The Labute approximate surface area is 176 Å². The van der Waals surface area contributed by atoms with E-state index in [0.29, 0.717) is 13.0 Å². The van der Waals surface area contributed by atoms with E-state index in [4.69, 9.17) is 19.4 Å². The molecule has 178 valence electrons. The SMILES string of the molecule is CNC(C)ONONO[C@](C)(CCCOC)[P@@](O)C(O)(Cn1ccnc1)[PH](O)(O)O. The first kappa shape index (κ1) is 27.6. The number of nitrogens with zero attached hydrogens (tertiary/aromatic N) is 2. The standard InChI is InChI=1S/C14H33N5O9P2/c1-12(15-3)26-17-28-18-27-13(2,6-5-9-25-4)29(21)14(20,30(22,23)24)10-19-8-7-16-11-19/h7-8,11-12,15,17-18,20-24,30H,5-6,9-10H2,1-4H3/t12?,13-,14?,29+/m0/s1. The molecule has 1 aromatic rings. The van der Waals surface area contributed by atoms with Gasteiger partial charge in [-0.25, -0.2) is 0 Å². The van der Waals surface area contributed by atoms with Crippen molar-refractivity contribution in [2.24, 2.45) is 0 Å². The van der Waals surface area contributed by atoms with Crippen LogP contribution in [0.1, 0.15) is 26.7 Å². The Morgan fingerprint density at radius 2 is 2.00 bits per heavy atom. The third kappa shape index (κ3) is 7.93. The first-order valence-corrected chi connectivity index (χ1v) is 12.1. The molecule has 0 radical (unpaired) electrons. The van der Waals surface area contributed by atoms with E-state index in [1.54, 1.807) is 14.0 Å². The van der Waals surface area contributed by atoms with Crippen LogP contribution in [-0.2, 0) is 25.9 Å². The first-order chi connectivity index (χ1) is 14.0. The Bertz CT molecular complexity index is 597. The van der Waals surface area contributed by atoms with Gasteiger partial charge < -0.3 is 0 Å². The molecule has 4 atom stereocenters. The van der Waals surface area contributed by atoms with Gasteiger partial charge in [0.25, 0.3) is 0 Å². The Morgan fingerprint density at radius 3 is 2.53 bits per heavy atom. The zero-order valence-corrected chi connectivity index (χ0v) is 19.2. The molecule has 0 aromatic carbocycles. The molecule has 0 aliphatic heterocycles. The Morgan fingerprint density at radius 1 is 1.30 bits per heavy atom. The van der Waals surface area contributed by atoms with E-state index < -0.39 is 33.1 Å². The number of nitrogens with one attached hydrogen (secondary N) is 3. The van der Waals surface area contributed by atoms with Gasteiger partial charge in [0.05, 0.1) is 0 Å². The van der Waals surface area contributed by atoms with Crippen LogP contribution in [0.3, 0.4) is 0 Å². The van der Waals surface area contributed by atoms with Crippen molar-refractivity contribution < 1.29 is 44.0 Å². The van der Waals surface area contributed by atoms with Gasteiger partial charge in [-0.1, -0.05) is 0 Å². The van der Waals surface area contributed by atoms with Crippen molar-refractivity contribution in [3.05, 3.63) is 18.7 Å². The minimum absolute atomic E-state index is 0.101. The molecule has 16 heteroatoms. The number of aromatic nitrogens is 2. The van der Waals surface area contributed by atoms with Gasteiger partial charge in [0.1, 0.15) is 0 Å². The summed E-state index contributed by atoms with van der Waals surface area (Å²) in [5.41, 5.74) is 4.20. The predicted octanol–water partition coefficient (Wildman–Crippen LogP) is -1.01. The van der Waals surface area contributed by atoms with E-state index in [1.807, 2.05) is 0 Å². The molecule has 14 nitrogen and oxygen atoms in total. The molecule has 0 bridgehead atoms. The van der Waals surface area contributed by atoms with Gasteiger partial charge in [-0.05, 0) is 0 Å². The summed E-state index contributed by atoms with van der Waals surface area (Å²) in [6.45, 7) is 2.89. The molecule has 1 aromatic heterocycles. The topological polar surface area (TPSA) is 192 Å². The molecular formula is C14H33N5O9P2. The van der Waals surface area contributed by atoms with E-state index in [-0.39, 0.29) is 12.6 Å². The summed E-state index contributed by atoms with van der Waals surface area (Å²) in [7, 11) is -4.95. The average molecular weight is 477 g/mol. The van der Waals surface area contributed by atoms with Crippen LogP contribution in [0.25, 0.3) is 0 Å². The Hall–Kier alpha value is -0.410. The average Bonchev–Trinajstić information content (AvgIpc) is 3.19. The molecule has 0 saturated carbocycles. The summed E-state index contributed by atoms with van der Waals surface area (Å²) in [6.07, 6.45) is 4.22. The second kappa shape index (κ2) is 12.6. The molecule has 1 heterocycles. The summed E-state index contributed by atoms with van der Waals surface area (Å²) in [6, 6.07) is 0. The van der Waals surface area contributed by atoms with Crippen molar-refractivity contribution in [1.82, 2.24) is 26.2 Å². The first-order valence-electron chi connectivity index (χ1n) is 9.00. The second-order valence-electron chi connectivity index (χ2n) is 6.69. The van der Waals surface area contributed by atoms with Crippen molar-refractivity contribution in [3.63, 3.8) is 0 Å². The molecule has 0 aliphatic carbocycles. The minimum atomic E-state index is -5.30. The van der Waals surface area contributed by atoms with Crippen LogP contribution < -0.4 is 16.6 Å². The monoisotopic (exact) mass is 477 g/mol. The molecule has 0 fully saturated rings. The maximum absolute atomic E-state index is 11.0. The van der Waals surface area contributed by atoms with E-state index in [2.05, 4.69) is 21.6 Å². The quantitative estimate of drug-likeness (QED) is 0.0625. The van der Waals surface area contributed by atoms with E-state index >= 15 is 0 Å². The van der Waals surface area contributed by atoms with Gasteiger partial charge >= 0.3 is 176 Å². The van der Waals surface area contributed by atoms with Crippen LogP contribution in [0, 0.1) is 0 Å². The van der Waals surface area contributed by atoms with Crippen molar-refractivity contribution in [2.45, 2.75) is 49.9 Å². The number of ether oxygens (including phenoxy) is 1. The molecule has 0 spiro atoms. The van der Waals surface area contributed by atoms with E-state index in [1.165, 1.54) is 37.3 Å². The molecule has 0 aliphatic rings. The van der Waals surface area contributed by atoms with Gasteiger partial charge in [-0.3, -0.25) is 0 Å². The van der Waals surface area contributed by atoms with Gasteiger partial charge in [0.2, 0.25) is 0 Å². The van der Waals surface area contributed by atoms with Gasteiger partial charge in [-0.2, -0.15) is 0 Å². The molecule has 0 amide bonds. The fourth-order valence-corrected chi connectivity index (χ4v) is 6.18. The van der Waals surface area contributed by atoms with E-state index in [0.717, 1.165) is 0 Å². The summed E-state index contributed by atoms with van der Waals surface area (Å²) in [5.74, 6) is 0. The summed E-state index contributed by atoms with van der Waals surface area (Å²) in [4.78, 5) is 59.9. The predicted molar refractivity (Wildman–Crippen MR) is 109 cm³/mol. The number of rotatable bonds is 16. The fourth-order valence-electron chi connectivity index (χ4n) is 2.37. The number of imidazole rings is 1. The van der Waals surface area contributed by atoms with Crippen molar-refractivity contribution in [2.75, 3.05) is 20.8 Å².